The van der Waals surface area contributed by atoms with Crippen molar-refractivity contribution in [3.8, 4) is 0 Å². The highest BCUT2D eigenvalue weighted by Crippen LogP contribution is 2.37. The van der Waals surface area contributed by atoms with Crippen LogP contribution in [0.2, 0.25) is 0 Å². The Hall–Kier alpha value is -0.460. The molecular weight excluding hydrogens is 308 g/mol. The molecule has 0 aromatic rings. The summed E-state index contributed by atoms with van der Waals surface area (Å²) in [5.41, 5.74) is 0. The zero-order valence-corrected chi connectivity index (χ0v) is 15.7. The molecule has 0 bridgehead atoms. The van der Waals surface area contributed by atoms with Crippen molar-refractivity contribution in [2.45, 2.75) is 44.3 Å². The van der Waals surface area contributed by atoms with E-state index in [1.807, 2.05) is 0 Å². The first-order valence-electron chi connectivity index (χ1n) is 9.18. The Kier molecular flexibility index (Phi) is 8.55. The van der Waals surface area contributed by atoms with Gasteiger partial charge in [-0.2, -0.15) is 11.8 Å². The topological polar surface area (TPSA) is 48.9 Å². The maximum absolute atomic E-state index is 5.38. The number of unbranched alkanes of at least 4 members (excludes halogenated alkanes) is 1. The van der Waals surface area contributed by atoms with Crippen LogP contribution in [0, 0.1) is 0 Å². The van der Waals surface area contributed by atoms with Gasteiger partial charge in [-0.3, -0.25) is 9.89 Å². The van der Waals surface area contributed by atoms with Crippen molar-refractivity contribution in [1.29, 1.82) is 0 Å². The van der Waals surface area contributed by atoms with Gasteiger partial charge in [0, 0.05) is 30.9 Å². The molecule has 2 saturated heterocycles. The van der Waals surface area contributed by atoms with Crippen molar-refractivity contribution in [3.63, 3.8) is 0 Å². The standard InChI is InChI=1S/C17H34N4OS/c1-3-18-16(20-15-17(2)7-6-14-23-17)19-8-4-5-9-21-10-12-22-13-11-21/h3-15H2,1-2H3,(H2,18,19,20). The van der Waals surface area contributed by atoms with E-state index in [9.17, 15) is 0 Å². The molecule has 1 unspecified atom stereocenters. The van der Waals surface area contributed by atoms with Crippen molar-refractivity contribution in [2.24, 2.45) is 4.99 Å². The van der Waals surface area contributed by atoms with Crippen LogP contribution in [-0.2, 0) is 4.74 Å². The normalized spacial score (nSPS) is 26.4. The Labute approximate surface area is 146 Å². The first-order chi connectivity index (χ1) is 11.2. The van der Waals surface area contributed by atoms with E-state index >= 15 is 0 Å². The van der Waals surface area contributed by atoms with Crippen molar-refractivity contribution in [1.82, 2.24) is 15.5 Å². The van der Waals surface area contributed by atoms with E-state index in [0.29, 0.717) is 4.75 Å². The summed E-state index contributed by atoms with van der Waals surface area (Å²) < 4.78 is 5.73. The molecule has 0 aromatic carbocycles. The second-order valence-corrected chi connectivity index (χ2v) is 8.37. The van der Waals surface area contributed by atoms with Gasteiger partial charge in [-0.15, -0.1) is 0 Å². The molecule has 0 amide bonds. The van der Waals surface area contributed by atoms with Gasteiger partial charge in [0.25, 0.3) is 0 Å². The summed E-state index contributed by atoms with van der Waals surface area (Å²) in [5, 5.41) is 6.85. The van der Waals surface area contributed by atoms with E-state index in [1.165, 1.54) is 38.0 Å². The van der Waals surface area contributed by atoms with Gasteiger partial charge < -0.3 is 15.4 Å². The molecule has 6 heteroatoms. The highest BCUT2D eigenvalue weighted by Gasteiger charge is 2.29. The van der Waals surface area contributed by atoms with Gasteiger partial charge in [-0.1, -0.05) is 0 Å². The second kappa shape index (κ2) is 10.4. The predicted molar refractivity (Wildman–Crippen MR) is 101 cm³/mol. The summed E-state index contributed by atoms with van der Waals surface area (Å²) in [6.45, 7) is 12.5. The van der Waals surface area contributed by atoms with Crippen LogP contribution in [0.15, 0.2) is 4.99 Å². The van der Waals surface area contributed by atoms with Gasteiger partial charge >= 0.3 is 0 Å². The Morgan fingerprint density at radius 1 is 1.26 bits per heavy atom. The maximum atomic E-state index is 5.38. The lowest BCUT2D eigenvalue weighted by atomic mass is 10.1. The summed E-state index contributed by atoms with van der Waals surface area (Å²) in [4.78, 5) is 7.30. The minimum Gasteiger partial charge on any atom is -0.379 e. The molecular formula is C17H34N4OS. The number of rotatable bonds is 8. The Bertz CT molecular complexity index is 353. The number of thioether (sulfide) groups is 1. The van der Waals surface area contributed by atoms with E-state index in [4.69, 9.17) is 9.73 Å². The minimum atomic E-state index is 0.346. The monoisotopic (exact) mass is 342 g/mol. The quantitative estimate of drug-likeness (QED) is 0.401. The lowest BCUT2D eigenvalue weighted by Gasteiger charge is -2.26. The Morgan fingerprint density at radius 2 is 2.09 bits per heavy atom. The summed E-state index contributed by atoms with van der Waals surface area (Å²) >= 11 is 2.07. The molecule has 134 valence electrons. The lowest BCUT2D eigenvalue weighted by Crippen LogP contribution is -2.39. The van der Waals surface area contributed by atoms with E-state index in [2.05, 4.69) is 41.1 Å². The number of guanidine groups is 1. The van der Waals surface area contributed by atoms with Crippen molar-refractivity contribution >= 4 is 17.7 Å². The van der Waals surface area contributed by atoms with Crippen molar-refractivity contribution in [2.75, 3.05) is 58.2 Å². The number of nitrogens with zero attached hydrogens (tertiary/aromatic N) is 2. The Balaban J connectivity index is 1.61. The predicted octanol–water partition coefficient (Wildman–Crippen LogP) is 1.94. The lowest BCUT2D eigenvalue weighted by molar-refractivity contribution is 0.0372. The summed E-state index contributed by atoms with van der Waals surface area (Å²) in [6, 6.07) is 0. The van der Waals surface area contributed by atoms with Gasteiger partial charge in [0.2, 0.25) is 0 Å². The number of hydrogen-bond acceptors (Lipinski definition) is 4. The third-order valence-electron chi connectivity index (χ3n) is 4.51. The summed E-state index contributed by atoms with van der Waals surface area (Å²) in [6.07, 6.45) is 5.05. The number of aliphatic imine (C=N–C) groups is 1. The average molecular weight is 343 g/mol. The highest BCUT2D eigenvalue weighted by atomic mass is 32.2. The molecule has 0 radical (unpaired) electrons. The molecule has 2 rings (SSSR count). The summed E-state index contributed by atoms with van der Waals surface area (Å²) in [7, 11) is 0. The van der Waals surface area contributed by atoms with E-state index in [1.54, 1.807) is 0 Å². The molecule has 2 aliphatic rings. The first kappa shape index (κ1) is 18.9. The van der Waals surface area contributed by atoms with Crippen LogP contribution in [0.5, 0.6) is 0 Å². The van der Waals surface area contributed by atoms with Crippen LogP contribution in [0.25, 0.3) is 0 Å². The van der Waals surface area contributed by atoms with Gasteiger partial charge in [0.15, 0.2) is 5.96 Å². The van der Waals surface area contributed by atoms with E-state index in [-0.39, 0.29) is 0 Å². The molecule has 23 heavy (non-hydrogen) atoms. The fourth-order valence-corrected chi connectivity index (χ4v) is 4.27. The fourth-order valence-electron chi connectivity index (χ4n) is 3.04. The largest absolute Gasteiger partial charge is 0.379 e. The van der Waals surface area contributed by atoms with Gasteiger partial charge in [-0.25, -0.2) is 0 Å². The fraction of sp³-hybridized carbons (Fsp3) is 0.941. The molecule has 0 aliphatic carbocycles. The molecule has 1 atom stereocenters. The van der Waals surface area contributed by atoms with E-state index < -0.39 is 0 Å². The zero-order valence-electron chi connectivity index (χ0n) is 14.9. The van der Waals surface area contributed by atoms with Gasteiger partial charge in [0.05, 0.1) is 19.8 Å². The van der Waals surface area contributed by atoms with Gasteiger partial charge in [-0.05, 0) is 51.8 Å². The minimum absolute atomic E-state index is 0.346. The Morgan fingerprint density at radius 3 is 2.78 bits per heavy atom. The third-order valence-corrected chi connectivity index (χ3v) is 6.04. The van der Waals surface area contributed by atoms with Gasteiger partial charge in [0.1, 0.15) is 0 Å². The molecule has 0 aromatic heterocycles. The second-order valence-electron chi connectivity index (χ2n) is 6.68. The van der Waals surface area contributed by atoms with Crippen LogP contribution in [-0.4, -0.2) is 73.8 Å². The first-order valence-corrected chi connectivity index (χ1v) is 10.2. The average Bonchev–Trinajstić information content (AvgIpc) is 3.00. The zero-order chi connectivity index (χ0) is 16.4. The van der Waals surface area contributed by atoms with Crippen LogP contribution in [0.3, 0.4) is 0 Å². The molecule has 0 spiro atoms. The number of nitrogens with one attached hydrogen (secondary N) is 2. The molecule has 2 N–H and O–H groups in total. The van der Waals surface area contributed by atoms with Crippen LogP contribution in [0.1, 0.15) is 39.5 Å². The molecule has 5 nitrogen and oxygen atoms in total. The number of morpholine rings is 1. The number of hydrogen-bond donors (Lipinski definition) is 2. The molecule has 2 heterocycles. The van der Waals surface area contributed by atoms with Crippen LogP contribution in [0.4, 0.5) is 0 Å². The van der Waals surface area contributed by atoms with Crippen LogP contribution < -0.4 is 10.6 Å². The highest BCUT2D eigenvalue weighted by molar-refractivity contribution is 8.00. The molecule has 2 fully saturated rings. The summed E-state index contributed by atoms with van der Waals surface area (Å²) in [5.74, 6) is 2.27. The SMILES string of the molecule is CCNC(=NCC1(C)CCCS1)NCCCCN1CCOCC1. The molecule has 2 aliphatic heterocycles. The smallest absolute Gasteiger partial charge is 0.191 e. The van der Waals surface area contributed by atoms with Crippen molar-refractivity contribution < 1.29 is 4.74 Å². The van der Waals surface area contributed by atoms with E-state index in [0.717, 1.165) is 51.9 Å². The third kappa shape index (κ3) is 7.31. The number of ether oxygens (including phenoxy) is 1. The van der Waals surface area contributed by atoms with Crippen molar-refractivity contribution in [3.05, 3.63) is 0 Å². The maximum Gasteiger partial charge on any atom is 0.191 e. The van der Waals surface area contributed by atoms with Crippen LogP contribution >= 0.6 is 11.8 Å². The molecule has 0 saturated carbocycles.